The van der Waals surface area contributed by atoms with E-state index in [4.69, 9.17) is 11.8 Å². The summed E-state index contributed by atoms with van der Waals surface area (Å²) in [5.41, 5.74) is 7.02. The van der Waals surface area contributed by atoms with Crippen molar-refractivity contribution in [2.75, 3.05) is 4.90 Å². The molecule has 0 unspecified atom stereocenters. The van der Waals surface area contributed by atoms with Gasteiger partial charge in [-0.05, 0) is 59.2 Å². The summed E-state index contributed by atoms with van der Waals surface area (Å²) in [6.07, 6.45) is 5.85. The number of ketones is 1. The Balaban J connectivity index is 1.50. The van der Waals surface area contributed by atoms with Crippen molar-refractivity contribution in [3.63, 3.8) is 0 Å². The largest absolute Gasteiger partial charge is 0.309 e. The van der Waals surface area contributed by atoms with Gasteiger partial charge in [0.05, 0.1) is 29.6 Å². The Kier molecular flexibility index (Phi) is 5.78. The van der Waals surface area contributed by atoms with Gasteiger partial charge in [0.2, 0.25) is 5.70 Å². The zero-order valence-corrected chi connectivity index (χ0v) is 18.7. The third kappa shape index (κ3) is 4.25. The summed E-state index contributed by atoms with van der Waals surface area (Å²) < 4.78 is 0. The molecule has 0 bridgehead atoms. The lowest BCUT2D eigenvalue weighted by atomic mass is 10.0. The number of para-hydroxylation sites is 2. The number of nitriles is 1. The molecule has 0 radical (unpaired) electrons. The van der Waals surface area contributed by atoms with E-state index in [0.29, 0.717) is 11.1 Å². The van der Waals surface area contributed by atoms with Gasteiger partial charge in [0.15, 0.2) is 5.78 Å². The second kappa shape index (κ2) is 9.35. The Bertz CT molecular complexity index is 1510. The molecule has 35 heavy (non-hydrogen) atoms. The summed E-state index contributed by atoms with van der Waals surface area (Å²) in [5.74, 6) is -0.366. The molecule has 1 aliphatic heterocycles. The minimum absolute atomic E-state index is 0.0251. The van der Waals surface area contributed by atoms with Crippen LogP contribution in [0.5, 0.6) is 0 Å². The summed E-state index contributed by atoms with van der Waals surface area (Å²) >= 11 is 0. The van der Waals surface area contributed by atoms with Gasteiger partial charge in [0.1, 0.15) is 0 Å². The van der Waals surface area contributed by atoms with Crippen molar-refractivity contribution in [1.82, 2.24) is 0 Å². The maximum absolute atomic E-state index is 12.8. The van der Waals surface area contributed by atoms with E-state index in [1.165, 1.54) is 0 Å². The number of carbonyl (C=O) groups excluding carboxylic acids is 1. The van der Waals surface area contributed by atoms with Crippen molar-refractivity contribution in [2.45, 2.75) is 0 Å². The predicted molar refractivity (Wildman–Crippen MR) is 140 cm³/mol. The average molecular weight is 450 g/mol. The SMILES string of the molecule is [C-]#[N+]/C(=C\c1ccc(N2c3ccccc3C=Cc3ccccc32)cc1)C(=O)c1ccc(C#N)cc1. The van der Waals surface area contributed by atoms with E-state index >= 15 is 0 Å². The number of carbonyl (C=O) groups is 1. The number of Topliss-reactive ketones (excluding diaryl/α,β-unsaturated/α-hetero) is 1. The normalized spacial score (nSPS) is 12.1. The summed E-state index contributed by atoms with van der Waals surface area (Å²) in [5, 5.41) is 8.96. The number of hydrogen-bond acceptors (Lipinski definition) is 3. The van der Waals surface area contributed by atoms with Gasteiger partial charge in [0, 0.05) is 11.3 Å². The van der Waals surface area contributed by atoms with E-state index in [9.17, 15) is 4.79 Å². The summed E-state index contributed by atoms with van der Waals surface area (Å²) in [4.78, 5) is 18.5. The van der Waals surface area contributed by atoms with E-state index < -0.39 is 0 Å². The molecule has 5 rings (SSSR count). The highest BCUT2D eigenvalue weighted by Gasteiger charge is 2.19. The molecule has 4 heteroatoms. The van der Waals surface area contributed by atoms with Crippen LogP contribution < -0.4 is 4.90 Å². The monoisotopic (exact) mass is 449 g/mol. The maximum Gasteiger partial charge on any atom is 0.234 e. The first-order valence-electron chi connectivity index (χ1n) is 11.1. The van der Waals surface area contributed by atoms with E-state index in [2.05, 4.69) is 46.2 Å². The first-order valence-corrected chi connectivity index (χ1v) is 11.1. The van der Waals surface area contributed by atoms with Crippen LogP contribution in [0.25, 0.3) is 23.1 Å². The van der Waals surface area contributed by atoms with Crippen LogP contribution in [0.15, 0.2) is 103 Å². The molecule has 0 fully saturated rings. The van der Waals surface area contributed by atoms with Crippen LogP contribution in [0, 0.1) is 17.9 Å². The van der Waals surface area contributed by atoms with Crippen LogP contribution in [-0.4, -0.2) is 5.78 Å². The fourth-order valence-corrected chi connectivity index (χ4v) is 4.12. The number of anilines is 3. The fourth-order valence-electron chi connectivity index (χ4n) is 4.12. The number of nitrogens with zero attached hydrogens (tertiary/aromatic N) is 3. The molecular formula is C31H19N3O. The highest BCUT2D eigenvalue weighted by Crippen LogP contribution is 2.41. The molecule has 0 aliphatic carbocycles. The fraction of sp³-hybridized carbons (Fsp3) is 0. The van der Waals surface area contributed by atoms with Crippen molar-refractivity contribution < 1.29 is 4.79 Å². The molecule has 4 aromatic rings. The van der Waals surface area contributed by atoms with Crippen molar-refractivity contribution >= 4 is 41.1 Å². The molecule has 0 saturated heterocycles. The maximum atomic E-state index is 12.8. The third-order valence-electron chi connectivity index (χ3n) is 5.88. The minimum atomic E-state index is -0.366. The Morgan fingerprint density at radius 1 is 0.800 bits per heavy atom. The standard InChI is InChI=1S/C31H19N3O/c1-33-28(31(35)26-14-10-23(21-32)11-15-26)20-22-12-18-27(19-13-22)34-29-8-4-2-6-24(29)16-17-25-7-3-5-9-30(25)34/h2-20H/b28-20-. The van der Waals surface area contributed by atoms with Gasteiger partial charge in [-0.25, -0.2) is 4.85 Å². The summed E-state index contributed by atoms with van der Waals surface area (Å²) in [6, 6.07) is 32.7. The van der Waals surface area contributed by atoms with Gasteiger partial charge in [-0.1, -0.05) is 72.8 Å². The van der Waals surface area contributed by atoms with Crippen LogP contribution in [0.3, 0.4) is 0 Å². The highest BCUT2D eigenvalue weighted by molar-refractivity contribution is 6.12. The lowest BCUT2D eigenvalue weighted by Gasteiger charge is -2.27. The predicted octanol–water partition coefficient (Wildman–Crippen LogP) is 7.65. The smallest absolute Gasteiger partial charge is 0.234 e. The molecule has 164 valence electrons. The van der Waals surface area contributed by atoms with Gasteiger partial charge in [0.25, 0.3) is 0 Å². The minimum Gasteiger partial charge on any atom is -0.309 e. The quantitative estimate of drug-likeness (QED) is 0.161. The van der Waals surface area contributed by atoms with Crippen molar-refractivity contribution in [3.05, 3.63) is 142 Å². The van der Waals surface area contributed by atoms with Gasteiger partial charge >= 0.3 is 0 Å². The number of hydrogen-bond donors (Lipinski definition) is 0. The van der Waals surface area contributed by atoms with Crippen LogP contribution in [0.4, 0.5) is 17.1 Å². The molecule has 0 amide bonds. The number of benzene rings is 4. The van der Waals surface area contributed by atoms with Crippen LogP contribution in [-0.2, 0) is 0 Å². The van der Waals surface area contributed by atoms with E-state index in [1.54, 1.807) is 30.3 Å². The van der Waals surface area contributed by atoms with Crippen LogP contribution in [0.1, 0.15) is 32.6 Å². The number of fused-ring (bicyclic) bond motifs is 2. The van der Waals surface area contributed by atoms with Gasteiger partial charge < -0.3 is 9.69 Å². The Morgan fingerprint density at radius 3 is 1.91 bits per heavy atom. The van der Waals surface area contributed by atoms with Crippen LogP contribution in [0.2, 0.25) is 0 Å². The second-order valence-corrected chi connectivity index (χ2v) is 8.04. The summed E-state index contributed by atoms with van der Waals surface area (Å²) in [7, 11) is 0. The van der Waals surface area contributed by atoms with Gasteiger partial charge in [-0.2, -0.15) is 5.26 Å². The van der Waals surface area contributed by atoms with Crippen molar-refractivity contribution in [2.24, 2.45) is 0 Å². The number of allylic oxidation sites excluding steroid dienone is 1. The summed E-state index contributed by atoms with van der Waals surface area (Å²) in [6.45, 7) is 7.53. The zero-order valence-electron chi connectivity index (χ0n) is 18.7. The topological polar surface area (TPSA) is 48.5 Å². The Morgan fingerprint density at radius 2 is 1.37 bits per heavy atom. The molecule has 0 N–H and O–H groups in total. The van der Waals surface area contributed by atoms with Crippen LogP contribution >= 0.6 is 0 Å². The average Bonchev–Trinajstić information content (AvgIpc) is 3.09. The Hall–Kier alpha value is -5.19. The first-order chi connectivity index (χ1) is 17.2. The first kappa shape index (κ1) is 21.6. The van der Waals surface area contributed by atoms with Crippen molar-refractivity contribution in [3.8, 4) is 6.07 Å². The van der Waals surface area contributed by atoms with E-state index in [0.717, 1.165) is 33.8 Å². The molecular weight excluding hydrogens is 430 g/mol. The molecule has 4 nitrogen and oxygen atoms in total. The van der Waals surface area contributed by atoms with Gasteiger partial charge in [-0.3, -0.25) is 0 Å². The zero-order chi connectivity index (χ0) is 24.2. The second-order valence-electron chi connectivity index (χ2n) is 8.04. The lowest BCUT2D eigenvalue weighted by Crippen LogP contribution is -2.11. The van der Waals surface area contributed by atoms with E-state index in [-0.39, 0.29) is 11.5 Å². The molecule has 1 aliphatic rings. The lowest BCUT2D eigenvalue weighted by molar-refractivity contribution is 0.103. The van der Waals surface area contributed by atoms with E-state index in [1.807, 2.05) is 54.6 Å². The molecule has 0 saturated carbocycles. The van der Waals surface area contributed by atoms with Crippen molar-refractivity contribution in [1.29, 1.82) is 5.26 Å². The van der Waals surface area contributed by atoms with Gasteiger partial charge in [-0.15, -0.1) is 0 Å². The molecule has 1 heterocycles. The molecule has 0 aromatic heterocycles. The molecule has 0 atom stereocenters. The Labute approximate surface area is 204 Å². The molecule has 0 spiro atoms. The molecule has 4 aromatic carbocycles. The highest BCUT2D eigenvalue weighted by atomic mass is 16.1. The number of rotatable bonds is 4. The third-order valence-corrected chi connectivity index (χ3v) is 5.88.